The number of aromatic nitrogens is 1. The molecule has 1 aliphatic carbocycles. The number of hydrogen-bond acceptors (Lipinski definition) is 7. The van der Waals surface area contributed by atoms with E-state index in [1.165, 1.54) is 36.5 Å². The molecule has 0 unspecified atom stereocenters. The number of Topliss-reactive ketones (excluding diaryl/α,β-unsaturated/α-hetero) is 1. The molecule has 3 aromatic rings. The van der Waals surface area contributed by atoms with E-state index in [4.69, 9.17) is 19.9 Å². The van der Waals surface area contributed by atoms with Gasteiger partial charge in [0, 0.05) is 51.9 Å². The van der Waals surface area contributed by atoms with Crippen molar-refractivity contribution in [3.05, 3.63) is 83.2 Å². The molecule has 5 rings (SSSR count). The third-order valence-corrected chi connectivity index (χ3v) is 8.52. The van der Waals surface area contributed by atoms with Gasteiger partial charge in [0.1, 0.15) is 24.7 Å². The molecule has 242 valence electrons. The summed E-state index contributed by atoms with van der Waals surface area (Å²) in [5.74, 6) is 3.60. The second kappa shape index (κ2) is 16.8. The number of benzene rings is 2. The summed E-state index contributed by atoms with van der Waals surface area (Å²) in [6.07, 6.45) is 6.55. The number of urea groups is 1. The smallest absolute Gasteiger partial charge is 0.314 e. The molecule has 2 fully saturated rings. The van der Waals surface area contributed by atoms with Gasteiger partial charge in [-0.3, -0.25) is 14.7 Å². The summed E-state index contributed by atoms with van der Waals surface area (Å²) in [4.78, 5) is 30.1. The Balaban J connectivity index is 0.000000207. The Bertz CT molecular complexity index is 1380. The van der Waals surface area contributed by atoms with Crippen LogP contribution in [0.2, 0.25) is 0 Å². The van der Waals surface area contributed by atoms with Gasteiger partial charge >= 0.3 is 6.03 Å². The zero-order chi connectivity index (χ0) is 32.2. The van der Waals surface area contributed by atoms with Gasteiger partial charge in [0.25, 0.3) is 0 Å². The van der Waals surface area contributed by atoms with E-state index in [0.717, 1.165) is 49.9 Å². The van der Waals surface area contributed by atoms with Crippen LogP contribution >= 0.6 is 0 Å². The first-order chi connectivity index (χ1) is 21.8. The van der Waals surface area contributed by atoms with Crippen molar-refractivity contribution >= 4 is 11.8 Å². The largest absolute Gasteiger partial charge is 0.493 e. The zero-order valence-electron chi connectivity index (χ0n) is 27.2. The van der Waals surface area contributed by atoms with Crippen molar-refractivity contribution in [2.75, 3.05) is 46.4 Å². The first kappa shape index (κ1) is 33.8. The minimum atomic E-state index is -0.362. The van der Waals surface area contributed by atoms with Crippen LogP contribution in [-0.2, 0) is 6.61 Å². The molecule has 0 spiro atoms. The van der Waals surface area contributed by atoms with Gasteiger partial charge in [-0.25, -0.2) is 4.79 Å². The summed E-state index contributed by atoms with van der Waals surface area (Å²) in [7, 11) is 1.71. The van der Waals surface area contributed by atoms with Gasteiger partial charge in [0.15, 0.2) is 17.3 Å². The standard InChI is InChI=1S/C22H28O2.C14H20N4O3/c1-4-17(5-2)20-12-13-21(22(14-20)23-3)24-15-16-6-8-18(9-7-16)19-10-11-19;1-11(19)13-10-12(2-3-16-13)21-9-8-17-4-6-18(7-5-17)14(15)20/h6-9,12-14,17,19H,4-5,10-11,15H2,1-3H3;2-3,10H,4-9H2,1H3,(H2,15,20). The topological polar surface area (TPSA) is 107 Å². The Kier molecular flexibility index (Phi) is 12.6. The summed E-state index contributed by atoms with van der Waals surface area (Å²) in [6.45, 7) is 10.7. The fourth-order valence-electron chi connectivity index (χ4n) is 5.46. The number of methoxy groups -OCH3 is 1. The maximum absolute atomic E-state index is 11.2. The van der Waals surface area contributed by atoms with Gasteiger partial charge in [0.2, 0.25) is 0 Å². The number of nitrogens with zero attached hydrogens (tertiary/aromatic N) is 3. The van der Waals surface area contributed by atoms with Crippen molar-refractivity contribution in [3.8, 4) is 17.2 Å². The van der Waals surface area contributed by atoms with Crippen molar-refractivity contribution in [2.45, 2.75) is 64.9 Å². The van der Waals surface area contributed by atoms with Crippen LogP contribution < -0.4 is 19.9 Å². The molecule has 2 aliphatic rings. The minimum absolute atomic E-state index is 0.0805. The normalized spacial score (nSPS) is 14.8. The van der Waals surface area contributed by atoms with E-state index in [1.54, 1.807) is 30.3 Å². The van der Waals surface area contributed by atoms with Crippen LogP contribution in [0.3, 0.4) is 0 Å². The molecule has 2 heterocycles. The number of pyridine rings is 1. The molecule has 2 aromatic carbocycles. The zero-order valence-corrected chi connectivity index (χ0v) is 27.2. The molecule has 1 saturated carbocycles. The fraction of sp³-hybridized carbons (Fsp3) is 0.472. The highest BCUT2D eigenvalue weighted by molar-refractivity contribution is 5.92. The lowest BCUT2D eigenvalue weighted by atomic mass is 9.94. The summed E-state index contributed by atoms with van der Waals surface area (Å²) in [6, 6.07) is 18.2. The number of hydrogen-bond donors (Lipinski definition) is 1. The van der Waals surface area contributed by atoms with Crippen LogP contribution in [-0.4, -0.2) is 73.0 Å². The lowest BCUT2D eigenvalue weighted by Gasteiger charge is -2.33. The van der Waals surface area contributed by atoms with Crippen LogP contribution in [0.25, 0.3) is 0 Å². The van der Waals surface area contributed by atoms with Crippen molar-refractivity contribution in [3.63, 3.8) is 0 Å². The number of ketones is 1. The molecule has 0 bridgehead atoms. The van der Waals surface area contributed by atoms with E-state index in [9.17, 15) is 9.59 Å². The summed E-state index contributed by atoms with van der Waals surface area (Å²) < 4.78 is 17.2. The number of piperazine rings is 1. The molecule has 9 heteroatoms. The van der Waals surface area contributed by atoms with Gasteiger partial charge in [-0.05, 0) is 72.4 Å². The number of nitrogens with two attached hydrogens (primary N) is 1. The second-order valence-corrected chi connectivity index (χ2v) is 11.7. The van der Waals surface area contributed by atoms with E-state index in [2.05, 4.69) is 60.1 Å². The quantitative estimate of drug-likeness (QED) is 0.221. The maximum atomic E-state index is 11.2. The first-order valence-corrected chi connectivity index (χ1v) is 16.1. The van der Waals surface area contributed by atoms with Crippen molar-refractivity contribution in [1.82, 2.24) is 14.8 Å². The molecular weight excluding hydrogens is 568 g/mol. The Morgan fingerprint density at radius 3 is 2.24 bits per heavy atom. The van der Waals surface area contributed by atoms with Gasteiger partial charge in [0.05, 0.1) is 7.11 Å². The summed E-state index contributed by atoms with van der Waals surface area (Å²) in [5, 5.41) is 0. The molecule has 45 heavy (non-hydrogen) atoms. The summed E-state index contributed by atoms with van der Waals surface area (Å²) in [5.41, 5.74) is 9.64. The Hall–Kier alpha value is -4.11. The van der Waals surface area contributed by atoms with Crippen molar-refractivity contribution in [2.24, 2.45) is 5.73 Å². The number of ether oxygens (including phenoxy) is 3. The van der Waals surface area contributed by atoms with Crippen LogP contribution in [0, 0.1) is 0 Å². The SMILES string of the molecule is CC(=O)c1cc(OCCN2CCN(C(N)=O)CC2)ccn1.CCC(CC)c1ccc(OCc2ccc(C3CC3)cc2)c(OC)c1. The molecule has 0 atom stereocenters. The summed E-state index contributed by atoms with van der Waals surface area (Å²) >= 11 is 0. The monoisotopic (exact) mass is 616 g/mol. The molecule has 1 aromatic heterocycles. The van der Waals surface area contributed by atoms with E-state index in [1.807, 2.05) is 6.07 Å². The third-order valence-electron chi connectivity index (χ3n) is 8.52. The minimum Gasteiger partial charge on any atom is -0.493 e. The van der Waals surface area contributed by atoms with Gasteiger partial charge < -0.3 is 24.8 Å². The number of primary amides is 1. The maximum Gasteiger partial charge on any atom is 0.314 e. The first-order valence-electron chi connectivity index (χ1n) is 16.1. The van der Waals surface area contributed by atoms with E-state index < -0.39 is 0 Å². The molecule has 1 saturated heterocycles. The fourth-order valence-corrected chi connectivity index (χ4v) is 5.46. The number of amides is 2. The molecule has 9 nitrogen and oxygen atoms in total. The van der Waals surface area contributed by atoms with E-state index >= 15 is 0 Å². The Morgan fingerprint density at radius 2 is 1.64 bits per heavy atom. The highest BCUT2D eigenvalue weighted by Gasteiger charge is 2.23. The average molecular weight is 617 g/mol. The van der Waals surface area contributed by atoms with Gasteiger partial charge in [-0.1, -0.05) is 44.2 Å². The Morgan fingerprint density at radius 1 is 0.933 bits per heavy atom. The molecular formula is C36H48N4O5. The van der Waals surface area contributed by atoms with Crippen LogP contribution in [0.5, 0.6) is 17.2 Å². The van der Waals surface area contributed by atoms with Crippen molar-refractivity contribution in [1.29, 1.82) is 0 Å². The third kappa shape index (κ3) is 10.2. The number of carbonyl (C=O) groups is 2. The van der Waals surface area contributed by atoms with Gasteiger partial charge in [-0.15, -0.1) is 0 Å². The van der Waals surface area contributed by atoms with Crippen LogP contribution in [0.4, 0.5) is 4.79 Å². The lowest BCUT2D eigenvalue weighted by molar-refractivity contribution is 0.101. The Labute approximate surface area is 267 Å². The lowest BCUT2D eigenvalue weighted by Crippen LogP contribution is -2.51. The predicted molar refractivity (Wildman–Crippen MR) is 176 cm³/mol. The molecule has 1 aliphatic heterocycles. The van der Waals surface area contributed by atoms with Crippen LogP contribution in [0.15, 0.2) is 60.8 Å². The van der Waals surface area contributed by atoms with E-state index in [-0.39, 0.29) is 11.8 Å². The molecule has 2 amide bonds. The average Bonchev–Trinajstić information content (AvgIpc) is 3.91. The van der Waals surface area contributed by atoms with Crippen LogP contribution in [0.1, 0.15) is 85.5 Å². The number of carbonyl (C=O) groups excluding carboxylic acids is 2. The molecule has 2 N–H and O–H groups in total. The van der Waals surface area contributed by atoms with E-state index in [0.29, 0.717) is 43.7 Å². The van der Waals surface area contributed by atoms with Gasteiger partial charge in [-0.2, -0.15) is 0 Å². The highest BCUT2D eigenvalue weighted by atomic mass is 16.5. The molecule has 0 radical (unpaired) electrons. The number of rotatable bonds is 13. The van der Waals surface area contributed by atoms with Crippen molar-refractivity contribution < 1.29 is 23.8 Å². The highest BCUT2D eigenvalue weighted by Crippen LogP contribution is 2.40. The predicted octanol–water partition coefficient (Wildman–Crippen LogP) is 6.41. The second-order valence-electron chi connectivity index (χ2n) is 11.7.